The number of aromatic nitrogens is 2. The Bertz CT molecular complexity index is 614. The molecule has 5 heteroatoms. The normalized spacial score (nSPS) is 10.3. The highest BCUT2D eigenvalue weighted by atomic mass is 16.4. The van der Waals surface area contributed by atoms with Gasteiger partial charge in [-0.1, -0.05) is 25.5 Å². The molecule has 21 heavy (non-hydrogen) atoms. The van der Waals surface area contributed by atoms with E-state index in [1.54, 1.807) is 24.5 Å². The Labute approximate surface area is 124 Å². The second kappa shape index (κ2) is 7.38. The minimum Gasteiger partial charge on any atom is -0.478 e. The molecule has 0 radical (unpaired) electrons. The number of carbonyl (C=O) groups is 1. The number of anilines is 1. The van der Waals surface area contributed by atoms with Crippen LogP contribution in [0, 0.1) is 0 Å². The van der Waals surface area contributed by atoms with E-state index in [4.69, 9.17) is 5.11 Å². The van der Waals surface area contributed by atoms with E-state index in [9.17, 15) is 4.79 Å². The van der Waals surface area contributed by atoms with Crippen molar-refractivity contribution < 1.29 is 9.90 Å². The van der Waals surface area contributed by atoms with Gasteiger partial charge in [0.1, 0.15) is 12.1 Å². The lowest BCUT2D eigenvalue weighted by Crippen LogP contribution is -2.08. The summed E-state index contributed by atoms with van der Waals surface area (Å²) in [6.45, 7) is 2.82. The summed E-state index contributed by atoms with van der Waals surface area (Å²) in [6.07, 6.45) is 4.31. The summed E-state index contributed by atoms with van der Waals surface area (Å²) in [7, 11) is 0. The summed E-state index contributed by atoms with van der Waals surface area (Å²) < 4.78 is 0. The SMILES string of the molecule is CCCc1cc(NCCc2cccc(C(=O)O)c2)ncn1. The lowest BCUT2D eigenvalue weighted by molar-refractivity contribution is 0.0697. The van der Waals surface area contributed by atoms with Gasteiger partial charge >= 0.3 is 5.97 Å². The van der Waals surface area contributed by atoms with Gasteiger partial charge in [-0.3, -0.25) is 0 Å². The summed E-state index contributed by atoms with van der Waals surface area (Å²) in [4.78, 5) is 19.3. The van der Waals surface area contributed by atoms with Crippen molar-refractivity contribution in [2.45, 2.75) is 26.2 Å². The van der Waals surface area contributed by atoms with Crippen LogP contribution in [-0.2, 0) is 12.8 Å². The van der Waals surface area contributed by atoms with E-state index < -0.39 is 5.97 Å². The minimum absolute atomic E-state index is 0.319. The molecule has 0 fully saturated rings. The molecule has 0 amide bonds. The molecule has 2 rings (SSSR count). The van der Waals surface area contributed by atoms with Crippen LogP contribution in [0.3, 0.4) is 0 Å². The van der Waals surface area contributed by atoms with Gasteiger partial charge in [-0.05, 0) is 30.5 Å². The minimum atomic E-state index is -0.898. The fourth-order valence-corrected chi connectivity index (χ4v) is 2.08. The highest BCUT2D eigenvalue weighted by Gasteiger charge is 2.03. The molecule has 0 unspecified atom stereocenters. The van der Waals surface area contributed by atoms with Crippen LogP contribution in [0.1, 0.15) is 35.0 Å². The van der Waals surface area contributed by atoms with Crippen molar-refractivity contribution in [3.05, 3.63) is 53.5 Å². The number of carboxylic acid groups (broad SMARTS) is 1. The van der Waals surface area contributed by atoms with E-state index >= 15 is 0 Å². The number of aryl methyl sites for hydroxylation is 1. The third kappa shape index (κ3) is 4.56. The zero-order chi connectivity index (χ0) is 15.1. The smallest absolute Gasteiger partial charge is 0.335 e. The van der Waals surface area contributed by atoms with Crippen LogP contribution in [0.4, 0.5) is 5.82 Å². The van der Waals surface area contributed by atoms with Crippen molar-refractivity contribution in [2.24, 2.45) is 0 Å². The lowest BCUT2D eigenvalue weighted by Gasteiger charge is -2.07. The largest absolute Gasteiger partial charge is 0.478 e. The Morgan fingerprint density at radius 1 is 1.24 bits per heavy atom. The zero-order valence-corrected chi connectivity index (χ0v) is 12.0. The van der Waals surface area contributed by atoms with Gasteiger partial charge < -0.3 is 10.4 Å². The maximum Gasteiger partial charge on any atom is 0.335 e. The van der Waals surface area contributed by atoms with Gasteiger partial charge in [-0.2, -0.15) is 0 Å². The number of nitrogens with one attached hydrogen (secondary N) is 1. The molecule has 0 saturated carbocycles. The van der Waals surface area contributed by atoms with Gasteiger partial charge in [0.15, 0.2) is 0 Å². The number of hydrogen-bond acceptors (Lipinski definition) is 4. The Morgan fingerprint density at radius 3 is 2.86 bits per heavy atom. The number of benzene rings is 1. The van der Waals surface area contributed by atoms with Crippen molar-refractivity contribution in [2.75, 3.05) is 11.9 Å². The molecule has 1 aromatic heterocycles. The third-order valence-electron chi connectivity index (χ3n) is 3.12. The third-order valence-corrected chi connectivity index (χ3v) is 3.12. The Hall–Kier alpha value is -2.43. The van der Waals surface area contributed by atoms with Crippen molar-refractivity contribution in [3.63, 3.8) is 0 Å². The molecule has 0 spiro atoms. The quantitative estimate of drug-likeness (QED) is 0.818. The fraction of sp³-hybridized carbons (Fsp3) is 0.312. The summed E-state index contributed by atoms with van der Waals surface area (Å²) in [6, 6.07) is 8.95. The maximum atomic E-state index is 10.9. The van der Waals surface area contributed by atoms with Crippen LogP contribution in [0.2, 0.25) is 0 Å². The van der Waals surface area contributed by atoms with Gasteiger partial charge in [0.25, 0.3) is 0 Å². The topological polar surface area (TPSA) is 75.1 Å². The first-order chi connectivity index (χ1) is 10.2. The van der Waals surface area contributed by atoms with E-state index in [0.717, 1.165) is 36.3 Å². The van der Waals surface area contributed by atoms with Gasteiger partial charge in [0, 0.05) is 18.3 Å². The van der Waals surface area contributed by atoms with Crippen molar-refractivity contribution in [1.82, 2.24) is 9.97 Å². The number of hydrogen-bond donors (Lipinski definition) is 2. The van der Waals surface area contributed by atoms with Crippen LogP contribution < -0.4 is 5.32 Å². The fourth-order valence-electron chi connectivity index (χ4n) is 2.08. The van der Waals surface area contributed by atoms with E-state index in [1.807, 2.05) is 12.1 Å². The Balaban J connectivity index is 1.90. The molecule has 0 aliphatic carbocycles. The molecular formula is C16H19N3O2. The van der Waals surface area contributed by atoms with E-state index in [0.29, 0.717) is 12.1 Å². The number of aromatic carboxylic acids is 1. The number of carboxylic acids is 1. The second-order valence-electron chi connectivity index (χ2n) is 4.83. The maximum absolute atomic E-state index is 10.9. The first kappa shape index (κ1) is 15.0. The van der Waals surface area contributed by atoms with Gasteiger partial charge in [0.05, 0.1) is 5.56 Å². The first-order valence-electron chi connectivity index (χ1n) is 7.06. The Kier molecular flexibility index (Phi) is 5.26. The molecule has 5 nitrogen and oxygen atoms in total. The molecule has 1 aromatic carbocycles. The molecular weight excluding hydrogens is 266 g/mol. The molecule has 110 valence electrons. The number of rotatable bonds is 7. The van der Waals surface area contributed by atoms with Crippen LogP contribution in [0.15, 0.2) is 36.7 Å². The zero-order valence-electron chi connectivity index (χ0n) is 12.0. The molecule has 0 aliphatic rings. The van der Waals surface area contributed by atoms with Gasteiger partial charge in [0.2, 0.25) is 0 Å². The lowest BCUT2D eigenvalue weighted by atomic mass is 10.1. The molecule has 0 aliphatic heterocycles. The van der Waals surface area contributed by atoms with Crippen LogP contribution >= 0.6 is 0 Å². The molecule has 0 bridgehead atoms. The standard InChI is InChI=1S/C16H19N3O2/c1-2-4-14-10-15(19-11-18-14)17-8-7-12-5-3-6-13(9-12)16(20)21/h3,5-6,9-11H,2,4,7-8H2,1H3,(H,20,21)(H,17,18,19). The molecule has 0 atom stereocenters. The Morgan fingerprint density at radius 2 is 2.10 bits per heavy atom. The average Bonchev–Trinajstić information content (AvgIpc) is 2.48. The van der Waals surface area contributed by atoms with Crippen LogP contribution in [-0.4, -0.2) is 27.6 Å². The molecule has 2 aromatic rings. The summed E-state index contributed by atoms with van der Waals surface area (Å²) in [5.74, 6) is -0.0901. The predicted molar refractivity (Wildman–Crippen MR) is 81.6 cm³/mol. The van der Waals surface area contributed by atoms with Gasteiger partial charge in [-0.25, -0.2) is 14.8 Å². The van der Waals surface area contributed by atoms with Crippen molar-refractivity contribution in [1.29, 1.82) is 0 Å². The average molecular weight is 285 g/mol. The van der Waals surface area contributed by atoms with Crippen LogP contribution in [0.5, 0.6) is 0 Å². The number of nitrogens with zero attached hydrogens (tertiary/aromatic N) is 2. The monoisotopic (exact) mass is 285 g/mol. The first-order valence-corrected chi connectivity index (χ1v) is 7.06. The van der Waals surface area contributed by atoms with E-state index in [1.165, 1.54) is 0 Å². The van der Waals surface area contributed by atoms with Crippen LogP contribution in [0.25, 0.3) is 0 Å². The highest BCUT2D eigenvalue weighted by Crippen LogP contribution is 2.08. The summed E-state index contributed by atoms with van der Waals surface area (Å²) in [5.41, 5.74) is 2.34. The summed E-state index contributed by atoms with van der Waals surface area (Å²) in [5, 5.41) is 12.2. The highest BCUT2D eigenvalue weighted by molar-refractivity contribution is 5.87. The van der Waals surface area contributed by atoms with E-state index in [2.05, 4.69) is 22.2 Å². The molecule has 0 saturated heterocycles. The van der Waals surface area contributed by atoms with E-state index in [-0.39, 0.29) is 0 Å². The van der Waals surface area contributed by atoms with Crippen molar-refractivity contribution in [3.8, 4) is 0 Å². The summed E-state index contributed by atoms with van der Waals surface area (Å²) >= 11 is 0. The predicted octanol–water partition coefficient (Wildman–Crippen LogP) is 2.78. The molecule has 2 N–H and O–H groups in total. The molecule has 1 heterocycles. The van der Waals surface area contributed by atoms with Crippen molar-refractivity contribution >= 4 is 11.8 Å². The second-order valence-corrected chi connectivity index (χ2v) is 4.83. The van der Waals surface area contributed by atoms with Gasteiger partial charge in [-0.15, -0.1) is 0 Å².